The molecule has 1 rings (SSSR count). The molecule has 0 saturated carbocycles. The molecule has 138 valence electrons. The molecule has 0 N–H and O–H groups in total. The molecule has 0 aromatic carbocycles. The molecule has 0 atom stereocenters. The van der Waals surface area contributed by atoms with E-state index in [0.717, 1.165) is 19.3 Å². The van der Waals surface area contributed by atoms with Crippen LogP contribution in [0.15, 0.2) is 29.5 Å². The monoisotopic (exact) mass is 385 g/mol. The Morgan fingerprint density at radius 3 is 2.48 bits per heavy atom. The number of allylic oxidation sites excluding steroid dienone is 4. The molecule has 0 unspecified atom stereocenters. The van der Waals surface area contributed by atoms with Gasteiger partial charge in [-0.05, 0) is 47.0 Å². The van der Waals surface area contributed by atoms with Crippen molar-refractivity contribution in [3.8, 4) is 0 Å². The third-order valence-corrected chi connectivity index (χ3v) is 4.41. The summed E-state index contributed by atoms with van der Waals surface area (Å²) in [6.45, 7) is 8.60. The maximum absolute atomic E-state index is 10.6. The minimum absolute atomic E-state index is 0.190. The van der Waals surface area contributed by atoms with Crippen LogP contribution in [-0.4, -0.2) is 20.8 Å². The number of hydrogen-bond acceptors (Lipinski definition) is 6. The highest BCUT2D eigenvalue weighted by molar-refractivity contribution is 7.18. The Hall–Kier alpha value is -1.26. The Bertz CT molecular complexity index is 615. The van der Waals surface area contributed by atoms with Crippen molar-refractivity contribution >= 4 is 17.4 Å². The Labute approximate surface area is 152 Å². The molecule has 1 aromatic heterocycles. The van der Waals surface area contributed by atoms with Crippen LogP contribution < -0.4 is 0 Å². The maximum Gasteiger partial charge on any atom is 0.330 e. The largest absolute Gasteiger partial charge is 0.330 e. The van der Waals surface area contributed by atoms with Crippen LogP contribution in [0.4, 0.5) is 0 Å². The van der Waals surface area contributed by atoms with Gasteiger partial charge in [0.2, 0.25) is 0 Å². The van der Waals surface area contributed by atoms with Crippen molar-refractivity contribution in [1.29, 1.82) is 0 Å². The molecule has 0 fully saturated rings. The molecule has 0 saturated heterocycles. The lowest BCUT2D eigenvalue weighted by atomic mass is 10.1. The van der Waals surface area contributed by atoms with Gasteiger partial charge >= 0.3 is 17.4 Å². The van der Waals surface area contributed by atoms with E-state index in [1.54, 1.807) is 17.8 Å². The van der Waals surface area contributed by atoms with Gasteiger partial charge in [0.1, 0.15) is 0 Å². The first-order chi connectivity index (χ1) is 11.9. The second-order valence-corrected chi connectivity index (χ2v) is 6.94. The third-order valence-electron chi connectivity index (χ3n) is 3.49. The molecule has 1 aromatic rings. The molecule has 0 aliphatic rings. The Morgan fingerprint density at radius 2 is 1.88 bits per heavy atom. The number of nitrogens with zero attached hydrogens (tertiary/aromatic N) is 3. The van der Waals surface area contributed by atoms with Gasteiger partial charge in [0.25, 0.3) is 0 Å². The highest BCUT2D eigenvalue weighted by atomic mass is 31.1. The van der Waals surface area contributed by atoms with Crippen molar-refractivity contribution in [1.82, 2.24) is 15.0 Å². The van der Waals surface area contributed by atoms with Crippen molar-refractivity contribution in [2.75, 3.05) is 0 Å². The van der Waals surface area contributed by atoms with E-state index in [0.29, 0.717) is 12.2 Å². The zero-order valence-electron chi connectivity index (χ0n) is 15.1. The number of aromatic nitrogens is 3. The zero-order chi connectivity index (χ0) is 18.7. The van der Waals surface area contributed by atoms with Crippen molar-refractivity contribution in [2.24, 2.45) is 0 Å². The minimum atomic E-state index is -1.28. The smallest absolute Gasteiger partial charge is 0.259 e. The molecule has 9 heteroatoms. The summed E-state index contributed by atoms with van der Waals surface area (Å²) in [6.07, 6.45) is 9.41. The van der Waals surface area contributed by atoms with Crippen LogP contribution >= 0.6 is 17.4 Å². The summed E-state index contributed by atoms with van der Waals surface area (Å²) in [6, 6.07) is 0. The Balaban J connectivity index is 2.51. The minimum Gasteiger partial charge on any atom is -0.259 e. The lowest BCUT2D eigenvalue weighted by molar-refractivity contribution is -0.0805. The van der Waals surface area contributed by atoms with E-state index in [2.05, 4.69) is 43.2 Å². The molecule has 0 radical (unpaired) electrons. The predicted octanol–water partition coefficient (Wildman–Crippen LogP) is 5.07. The summed E-state index contributed by atoms with van der Waals surface area (Å²) in [5.74, 6) is -1.28. The summed E-state index contributed by atoms with van der Waals surface area (Å²) >= 11 is 0. The fourth-order valence-corrected chi connectivity index (χ4v) is 2.81. The first kappa shape index (κ1) is 21.8. The van der Waals surface area contributed by atoms with Gasteiger partial charge in [-0.3, -0.25) is 13.7 Å². The van der Waals surface area contributed by atoms with Crippen LogP contribution in [0.1, 0.15) is 52.7 Å². The summed E-state index contributed by atoms with van der Waals surface area (Å²) < 4.78 is 32.9. The van der Waals surface area contributed by atoms with E-state index < -0.39 is 23.2 Å². The fourth-order valence-electron chi connectivity index (χ4n) is 2.23. The second-order valence-electron chi connectivity index (χ2n) is 6.27. The van der Waals surface area contributed by atoms with Crippen molar-refractivity contribution in [2.45, 2.75) is 65.7 Å². The van der Waals surface area contributed by atoms with E-state index >= 15 is 0 Å². The molecule has 25 heavy (non-hydrogen) atoms. The van der Waals surface area contributed by atoms with Crippen LogP contribution in [0.2, 0.25) is 0 Å². The molecular formula is C16H25N3O4P2. The molecule has 0 bridgehead atoms. The summed E-state index contributed by atoms with van der Waals surface area (Å²) in [4.78, 5) is 0. The lowest BCUT2D eigenvalue weighted by Crippen LogP contribution is -2.29. The van der Waals surface area contributed by atoms with Crippen LogP contribution in [-0.2, 0) is 31.1 Å². The molecule has 0 spiro atoms. The normalized spacial score (nSPS) is 14.6. The van der Waals surface area contributed by atoms with Crippen LogP contribution in [0.3, 0.4) is 0 Å². The second kappa shape index (κ2) is 11.4. The molecule has 0 amide bonds. The SMILES string of the molecule is CC(C)=CCCC(C)=CCCn1cc(CC(C)(OP=O)OP=O)nn1. The average molecular weight is 385 g/mol. The number of hydrogen-bond donors (Lipinski definition) is 0. The molecule has 7 nitrogen and oxygen atoms in total. The maximum atomic E-state index is 10.6. The quantitative estimate of drug-likeness (QED) is 0.284. The van der Waals surface area contributed by atoms with E-state index in [4.69, 9.17) is 9.05 Å². The van der Waals surface area contributed by atoms with Gasteiger partial charge in [0, 0.05) is 19.2 Å². The highest BCUT2D eigenvalue weighted by Gasteiger charge is 2.29. The molecule has 0 aliphatic heterocycles. The zero-order valence-corrected chi connectivity index (χ0v) is 16.9. The van der Waals surface area contributed by atoms with Crippen molar-refractivity contribution in [3.63, 3.8) is 0 Å². The van der Waals surface area contributed by atoms with Crippen molar-refractivity contribution in [3.05, 3.63) is 35.2 Å². The van der Waals surface area contributed by atoms with E-state index in [1.807, 2.05) is 0 Å². The lowest BCUT2D eigenvalue weighted by Gasteiger charge is -2.20. The van der Waals surface area contributed by atoms with E-state index in [9.17, 15) is 9.13 Å². The van der Waals surface area contributed by atoms with Crippen LogP contribution in [0.5, 0.6) is 0 Å². The standard InChI is InChI=1S/C16H25N3O4P2/c1-13(2)7-5-8-14(3)9-6-10-19-12-15(17-18-19)11-16(4,22-24-20)23-25-21/h7,9,12H,5-6,8,10-11H2,1-4H3. The average Bonchev–Trinajstić information content (AvgIpc) is 2.94. The fraction of sp³-hybridized carbons (Fsp3) is 0.625. The van der Waals surface area contributed by atoms with Gasteiger partial charge in [-0.2, -0.15) is 0 Å². The highest BCUT2D eigenvalue weighted by Crippen LogP contribution is 2.26. The van der Waals surface area contributed by atoms with Gasteiger partial charge in [0.15, 0.2) is 5.79 Å². The Kier molecular flexibility index (Phi) is 9.91. The number of rotatable bonds is 12. The topological polar surface area (TPSA) is 83.3 Å². The van der Waals surface area contributed by atoms with E-state index in [1.165, 1.54) is 11.1 Å². The molecular weight excluding hydrogens is 360 g/mol. The predicted molar refractivity (Wildman–Crippen MR) is 96.6 cm³/mol. The first-order valence-corrected chi connectivity index (χ1v) is 9.54. The summed E-state index contributed by atoms with van der Waals surface area (Å²) in [5.41, 5.74) is 3.31. The number of aryl methyl sites for hydroxylation is 1. The van der Waals surface area contributed by atoms with Gasteiger partial charge < -0.3 is 0 Å². The van der Waals surface area contributed by atoms with Gasteiger partial charge in [-0.1, -0.05) is 28.5 Å². The third kappa shape index (κ3) is 9.13. The Morgan fingerprint density at radius 1 is 1.20 bits per heavy atom. The van der Waals surface area contributed by atoms with Crippen LogP contribution in [0, 0.1) is 0 Å². The van der Waals surface area contributed by atoms with Gasteiger partial charge in [-0.15, -0.1) is 5.10 Å². The van der Waals surface area contributed by atoms with Gasteiger partial charge in [-0.25, -0.2) is 9.13 Å². The van der Waals surface area contributed by atoms with Crippen LogP contribution in [0.25, 0.3) is 0 Å². The van der Waals surface area contributed by atoms with Gasteiger partial charge in [0.05, 0.1) is 5.69 Å². The first-order valence-electron chi connectivity index (χ1n) is 8.08. The summed E-state index contributed by atoms with van der Waals surface area (Å²) in [5, 5.41) is 8.11. The molecule has 0 aliphatic carbocycles. The summed E-state index contributed by atoms with van der Waals surface area (Å²) in [7, 11) is -1.10. The van der Waals surface area contributed by atoms with E-state index in [-0.39, 0.29) is 6.42 Å². The van der Waals surface area contributed by atoms with Crippen molar-refractivity contribution < 1.29 is 18.2 Å². The molecule has 1 heterocycles.